The number of carbonyl (C=O) groups excluding carboxylic acids is 1. The van der Waals surface area contributed by atoms with Gasteiger partial charge in [-0.2, -0.15) is 5.10 Å². The largest absolute Gasteiger partial charge is 0.369 e. The Labute approximate surface area is 46.1 Å². The molecule has 0 bridgehead atoms. The molecule has 0 amide bonds. The van der Waals surface area contributed by atoms with E-state index in [1.54, 1.807) is 0 Å². The number of carbonyl (C=O) groups is 1. The molecule has 0 aromatic heterocycles. The third-order valence-electron chi connectivity index (χ3n) is 0.301. The predicted octanol–water partition coefficient (Wildman–Crippen LogP) is -1.56. The molecular weight excluding hydrogens is 108 g/mol. The molecule has 8 heavy (non-hydrogen) atoms. The molecule has 0 unspecified atom stereocenters. The number of rotatable bonds is 2. The van der Waals surface area contributed by atoms with Crippen LogP contribution in [0.15, 0.2) is 10.2 Å². The van der Waals surface area contributed by atoms with Crippen molar-refractivity contribution in [2.45, 2.75) is 0 Å². The van der Waals surface area contributed by atoms with E-state index in [4.69, 9.17) is 11.5 Å². The first kappa shape index (κ1) is 6.61. The van der Waals surface area contributed by atoms with Gasteiger partial charge in [0.25, 0.3) is 0 Å². The normalized spacial score (nSPS) is 9.00. The zero-order valence-corrected chi connectivity index (χ0v) is 4.11. The monoisotopic (exact) mass is 114 g/mol. The number of nitrogens with two attached hydrogens (primary N) is 2. The average molecular weight is 114 g/mol. The Balaban J connectivity index is 3.57. The highest BCUT2D eigenvalue weighted by Crippen LogP contribution is 1.61. The standard InChI is InChI=1S/C3H6N4O/c4-3(5)7-6-1-2-8/h1-2H,(H4,4,5,7). The van der Waals surface area contributed by atoms with Gasteiger partial charge in [-0.05, 0) is 0 Å². The van der Waals surface area contributed by atoms with Gasteiger partial charge in [0, 0.05) is 0 Å². The molecule has 0 heterocycles. The molecule has 44 valence electrons. The molecule has 0 spiro atoms. The van der Waals surface area contributed by atoms with Gasteiger partial charge in [-0.1, -0.05) is 0 Å². The highest BCUT2D eigenvalue weighted by atomic mass is 16.1. The SMILES string of the molecule is NC(N)=NN=CC=O. The highest BCUT2D eigenvalue weighted by Gasteiger charge is 1.69. The maximum Gasteiger partial charge on any atom is 0.211 e. The molecule has 5 heteroatoms. The van der Waals surface area contributed by atoms with Crippen LogP contribution in [0.4, 0.5) is 0 Å². The van der Waals surface area contributed by atoms with Gasteiger partial charge in [0.15, 0.2) is 6.29 Å². The van der Waals surface area contributed by atoms with Crippen molar-refractivity contribution in [2.75, 3.05) is 0 Å². The summed E-state index contributed by atoms with van der Waals surface area (Å²) < 4.78 is 0. The summed E-state index contributed by atoms with van der Waals surface area (Å²) in [5.41, 5.74) is 9.66. The van der Waals surface area contributed by atoms with Crippen LogP contribution in [-0.2, 0) is 4.79 Å². The lowest BCUT2D eigenvalue weighted by Gasteiger charge is -1.78. The van der Waals surface area contributed by atoms with Gasteiger partial charge in [0.1, 0.15) is 0 Å². The van der Waals surface area contributed by atoms with Crippen LogP contribution in [0.2, 0.25) is 0 Å². The summed E-state index contributed by atoms with van der Waals surface area (Å²) in [5.74, 6) is -0.164. The molecular formula is C3H6N4O. The van der Waals surface area contributed by atoms with Crippen LogP contribution >= 0.6 is 0 Å². The average Bonchev–Trinajstić information content (AvgIpc) is 1.66. The van der Waals surface area contributed by atoms with Crippen molar-refractivity contribution >= 4 is 18.5 Å². The van der Waals surface area contributed by atoms with Gasteiger partial charge in [-0.3, -0.25) is 4.79 Å². The molecule has 0 aliphatic rings. The van der Waals surface area contributed by atoms with Crippen molar-refractivity contribution in [3.05, 3.63) is 0 Å². The van der Waals surface area contributed by atoms with Gasteiger partial charge in [0.2, 0.25) is 5.96 Å². The molecule has 5 nitrogen and oxygen atoms in total. The Bertz CT molecular complexity index is 123. The van der Waals surface area contributed by atoms with E-state index in [9.17, 15) is 4.79 Å². The summed E-state index contributed by atoms with van der Waals surface area (Å²) in [5, 5.41) is 6.26. The lowest BCUT2D eigenvalue weighted by molar-refractivity contribution is -0.102. The Morgan fingerprint density at radius 1 is 1.50 bits per heavy atom. The van der Waals surface area contributed by atoms with E-state index in [1.807, 2.05) is 0 Å². The van der Waals surface area contributed by atoms with Gasteiger partial charge in [-0.25, -0.2) is 0 Å². The smallest absolute Gasteiger partial charge is 0.211 e. The summed E-state index contributed by atoms with van der Waals surface area (Å²) in [7, 11) is 0. The van der Waals surface area contributed by atoms with Gasteiger partial charge < -0.3 is 11.5 Å². The number of hydrogen-bond donors (Lipinski definition) is 2. The molecule has 0 aliphatic carbocycles. The Hall–Kier alpha value is -1.39. The second-order valence-electron chi connectivity index (χ2n) is 0.925. The zero-order chi connectivity index (χ0) is 6.41. The number of guanidine groups is 1. The zero-order valence-electron chi connectivity index (χ0n) is 4.11. The summed E-state index contributed by atoms with van der Waals surface area (Å²) in [6.07, 6.45) is 1.42. The molecule has 0 fully saturated rings. The minimum absolute atomic E-state index is 0.164. The van der Waals surface area contributed by atoms with Crippen molar-refractivity contribution < 1.29 is 4.79 Å². The third kappa shape index (κ3) is 4.61. The van der Waals surface area contributed by atoms with Crippen LogP contribution in [0.25, 0.3) is 0 Å². The topological polar surface area (TPSA) is 93.8 Å². The van der Waals surface area contributed by atoms with Crippen LogP contribution in [0.1, 0.15) is 0 Å². The lowest BCUT2D eigenvalue weighted by atomic mass is 10.9. The first-order valence-corrected chi connectivity index (χ1v) is 1.83. The van der Waals surface area contributed by atoms with Gasteiger partial charge in [0.05, 0.1) is 6.21 Å². The number of aldehydes is 1. The van der Waals surface area contributed by atoms with Crippen LogP contribution in [0.3, 0.4) is 0 Å². The van der Waals surface area contributed by atoms with E-state index in [1.165, 1.54) is 0 Å². The fourth-order valence-corrected chi connectivity index (χ4v) is 0.127. The molecule has 0 saturated heterocycles. The van der Waals surface area contributed by atoms with Crippen molar-refractivity contribution in [3.63, 3.8) is 0 Å². The van der Waals surface area contributed by atoms with E-state index in [2.05, 4.69) is 10.2 Å². The number of nitrogens with zero attached hydrogens (tertiary/aromatic N) is 2. The fourth-order valence-electron chi connectivity index (χ4n) is 0.127. The summed E-state index contributed by atoms with van der Waals surface area (Å²) in [6, 6.07) is 0. The lowest BCUT2D eigenvalue weighted by Crippen LogP contribution is -2.21. The molecule has 4 N–H and O–H groups in total. The maximum absolute atomic E-state index is 9.49. The first-order chi connectivity index (χ1) is 3.77. The van der Waals surface area contributed by atoms with Gasteiger partial charge in [-0.15, -0.1) is 5.10 Å². The van der Waals surface area contributed by atoms with Crippen molar-refractivity contribution in [2.24, 2.45) is 21.7 Å². The summed E-state index contributed by atoms with van der Waals surface area (Å²) >= 11 is 0. The van der Waals surface area contributed by atoms with Crippen LogP contribution in [-0.4, -0.2) is 18.5 Å². The minimum atomic E-state index is -0.164. The Morgan fingerprint density at radius 3 is 2.50 bits per heavy atom. The molecule has 0 atom stereocenters. The number of hydrogen-bond acceptors (Lipinski definition) is 3. The minimum Gasteiger partial charge on any atom is -0.369 e. The molecule has 0 aromatic carbocycles. The van der Waals surface area contributed by atoms with Crippen LogP contribution in [0, 0.1) is 0 Å². The third-order valence-corrected chi connectivity index (χ3v) is 0.301. The van der Waals surface area contributed by atoms with Crippen molar-refractivity contribution in [3.8, 4) is 0 Å². The highest BCUT2D eigenvalue weighted by molar-refractivity contribution is 6.12. The van der Waals surface area contributed by atoms with Crippen LogP contribution < -0.4 is 11.5 Å². The van der Waals surface area contributed by atoms with Crippen LogP contribution in [0.5, 0.6) is 0 Å². The van der Waals surface area contributed by atoms with E-state index < -0.39 is 0 Å². The Kier molecular flexibility index (Phi) is 3.13. The quantitative estimate of drug-likeness (QED) is 0.197. The molecule has 0 saturated carbocycles. The van der Waals surface area contributed by atoms with E-state index in [-0.39, 0.29) is 5.96 Å². The van der Waals surface area contributed by atoms with Crippen molar-refractivity contribution in [1.82, 2.24) is 0 Å². The summed E-state index contributed by atoms with van der Waals surface area (Å²) in [4.78, 5) is 9.49. The molecule has 0 rings (SSSR count). The van der Waals surface area contributed by atoms with Gasteiger partial charge >= 0.3 is 0 Å². The second-order valence-corrected chi connectivity index (χ2v) is 0.925. The molecule has 0 radical (unpaired) electrons. The predicted molar refractivity (Wildman–Crippen MR) is 30.4 cm³/mol. The van der Waals surface area contributed by atoms with E-state index in [0.717, 1.165) is 6.21 Å². The molecule has 0 aromatic rings. The van der Waals surface area contributed by atoms with Crippen molar-refractivity contribution in [1.29, 1.82) is 0 Å². The van der Waals surface area contributed by atoms with E-state index in [0.29, 0.717) is 6.29 Å². The second kappa shape index (κ2) is 3.79. The van der Waals surface area contributed by atoms with E-state index >= 15 is 0 Å². The fraction of sp³-hybridized carbons (Fsp3) is 0. The first-order valence-electron chi connectivity index (χ1n) is 1.83. The molecule has 0 aliphatic heterocycles. The Morgan fingerprint density at radius 2 is 2.12 bits per heavy atom. The maximum atomic E-state index is 9.49. The summed E-state index contributed by atoms with van der Waals surface area (Å²) in [6.45, 7) is 0.